The molecule has 0 aromatic carbocycles. The molecule has 0 heterocycles. The molecule has 0 aliphatic heterocycles. The van der Waals surface area contributed by atoms with Crippen LogP contribution in [0.3, 0.4) is 0 Å². The summed E-state index contributed by atoms with van der Waals surface area (Å²) in [5.41, 5.74) is 0. The van der Waals surface area contributed by atoms with E-state index in [0.717, 1.165) is 24.7 Å². The maximum atomic E-state index is 8.76. The Balaban J connectivity index is 1.88. The second-order valence-corrected chi connectivity index (χ2v) is 7.45. The normalized spacial score (nSPS) is 22.1. The van der Waals surface area contributed by atoms with Crippen molar-refractivity contribution in [3.63, 3.8) is 0 Å². The summed E-state index contributed by atoms with van der Waals surface area (Å²) in [5.74, 6) is 2.03. The smallest absolute Gasteiger partial charge is 0.0431 e. The van der Waals surface area contributed by atoms with Crippen LogP contribution in [0.15, 0.2) is 0 Å². The Labute approximate surface area is 138 Å². The van der Waals surface area contributed by atoms with Crippen LogP contribution in [0.2, 0.25) is 0 Å². The third-order valence-corrected chi connectivity index (χ3v) is 5.51. The van der Waals surface area contributed by atoms with E-state index in [4.69, 9.17) is 10.2 Å². The van der Waals surface area contributed by atoms with Gasteiger partial charge < -0.3 is 10.2 Å². The second-order valence-electron chi connectivity index (χ2n) is 7.45. The summed E-state index contributed by atoms with van der Waals surface area (Å²) >= 11 is 0. The van der Waals surface area contributed by atoms with Gasteiger partial charge in [0.1, 0.15) is 0 Å². The fourth-order valence-corrected chi connectivity index (χ4v) is 3.96. The van der Waals surface area contributed by atoms with Gasteiger partial charge in [0.2, 0.25) is 0 Å². The maximum Gasteiger partial charge on any atom is 0.0431 e. The van der Waals surface area contributed by atoms with Gasteiger partial charge in [-0.15, -0.1) is 0 Å². The summed E-state index contributed by atoms with van der Waals surface area (Å²) in [6.07, 6.45) is 21.4. The number of aliphatic hydroxyl groups excluding tert-OH is 2. The molecule has 1 aliphatic carbocycles. The van der Waals surface area contributed by atoms with Crippen molar-refractivity contribution in [2.24, 2.45) is 11.8 Å². The molecule has 0 unspecified atom stereocenters. The lowest BCUT2D eigenvalue weighted by atomic mass is 9.78. The number of unbranched alkanes of at least 4 members (excludes halogenated alkanes) is 8. The van der Waals surface area contributed by atoms with E-state index in [0.29, 0.717) is 13.2 Å². The first-order chi connectivity index (χ1) is 10.9. The van der Waals surface area contributed by atoms with Crippen LogP contribution in [0, 0.1) is 11.8 Å². The van der Waals surface area contributed by atoms with Gasteiger partial charge in [0.25, 0.3) is 0 Å². The summed E-state index contributed by atoms with van der Waals surface area (Å²) < 4.78 is 0. The molecule has 0 aromatic rings. The van der Waals surface area contributed by atoms with Crippen LogP contribution < -0.4 is 0 Å². The number of rotatable bonds is 14. The fraction of sp³-hybridized carbons (Fsp3) is 1.00. The topological polar surface area (TPSA) is 40.5 Å². The average Bonchev–Trinajstić information content (AvgIpc) is 2.55. The van der Waals surface area contributed by atoms with E-state index in [1.165, 1.54) is 89.9 Å². The summed E-state index contributed by atoms with van der Waals surface area (Å²) in [6, 6.07) is 0. The highest BCUT2D eigenvalue weighted by atomic mass is 16.3. The Hall–Kier alpha value is -0.0800. The minimum Gasteiger partial charge on any atom is -0.396 e. The molecule has 1 saturated carbocycles. The van der Waals surface area contributed by atoms with Crippen molar-refractivity contribution in [2.75, 3.05) is 13.2 Å². The van der Waals surface area contributed by atoms with Crippen LogP contribution in [-0.4, -0.2) is 23.4 Å². The van der Waals surface area contributed by atoms with Crippen molar-refractivity contribution in [3.8, 4) is 0 Å². The molecule has 0 saturated heterocycles. The van der Waals surface area contributed by atoms with Gasteiger partial charge in [-0.3, -0.25) is 0 Å². The lowest BCUT2D eigenvalue weighted by Crippen LogP contribution is -2.14. The summed E-state index contributed by atoms with van der Waals surface area (Å²) in [4.78, 5) is 0. The van der Waals surface area contributed by atoms with Gasteiger partial charge in [-0.1, -0.05) is 89.9 Å². The molecule has 0 aromatic heterocycles. The van der Waals surface area contributed by atoms with Gasteiger partial charge in [-0.2, -0.15) is 0 Å². The van der Waals surface area contributed by atoms with Crippen LogP contribution >= 0.6 is 0 Å². The third kappa shape index (κ3) is 10.6. The van der Waals surface area contributed by atoms with Crippen LogP contribution in [0.25, 0.3) is 0 Å². The summed E-state index contributed by atoms with van der Waals surface area (Å²) in [5, 5.41) is 17.5. The Morgan fingerprint density at radius 3 is 1.14 bits per heavy atom. The molecule has 2 nitrogen and oxygen atoms in total. The van der Waals surface area contributed by atoms with Gasteiger partial charge in [0.05, 0.1) is 0 Å². The molecule has 22 heavy (non-hydrogen) atoms. The highest BCUT2D eigenvalue weighted by Crippen LogP contribution is 2.34. The Kier molecular flexibility index (Phi) is 13.2. The Bertz CT molecular complexity index is 198. The van der Waals surface area contributed by atoms with Gasteiger partial charge >= 0.3 is 0 Å². The zero-order valence-electron chi connectivity index (χ0n) is 14.8. The molecule has 2 N–H and O–H groups in total. The first-order valence-electron chi connectivity index (χ1n) is 10.1. The molecule has 2 heteroatoms. The predicted octanol–water partition coefficient (Wildman–Crippen LogP) is 5.46. The van der Waals surface area contributed by atoms with Crippen LogP contribution in [0.5, 0.6) is 0 Å². The monoisotopic (exact) mass is 312 g/mol. The van der Waals surface area contributed by atoms with Crippen molar-refractivity contribution in [1.29, 1.82) is 0 Å². The quantitative estimate of drug-likeness (QED) is 0.418. The second kappa shape index (κ2) is 14.5. The molecule has 1 rings (SSSR count). The zero-order valence-corrected chi connectivity index (χ0v) is 14.8. The van der Waals surface area contributed by atoms with Gasteiger partial charge in [0.15, 0.2) is 0 Å². The molecule has 0 spiro atoms. The van der Waals surface area contributed by atoms with Crippen LogP contribution in [-0.2, 0) is 0 Å². The van der Waals surface area contributed by atoms with Crippen LogP contribution in [0.4, 0.5) is 0 Å². The molecular formula is C20H40O2. The van der Waals surface area contributed by atoms with Gasteiger partial charge in [0, 0.05) is 13.2 Å². The first kappa shape index (κ1) is 20.0. The third-order valence-electron chi connectivity index (χ3n) is 5.51. The molecule has 132 valence electrons. The van der Waals surface area contributed by atoms with E-state index in [2.05, 4.69) is 0 Å². The molecule has 0 bridgehead atoms. The van der Waals surface area contributed by atoms with Crippen molar-refractivity contribution in [1.82, 2.24) is 0 Å². The summed E-state index contributed by atoms with van der Waals surface area (Å²) in [6.45, 7) is 0.733. The standard InChI is InChI=1S/C20H40O2/c21-17-9-5-1-3-7-11-19-13-15-20(16-14-19)12-8-4-2-6-10-18-22/h19-22H,1-18H2. The van der Waals surface area contributed by atoms with E-state index in [-0.39, 0.29) is 0 Å². The van der Waals surface area contributed by atoms with Crippen molar-refractivity contribution in [3.05, 3.63) is 0 Å². The van der Waals surface area contributed by atoms with E-state index in [9.17, 15) is 0 Å². The fourth-order valence-electron chi connectivity index (χ4n) is 3.96. The Morgan fingerprint density at radius 1 is 0.455 bits per heavy atom. The lowest BCUT2D eigenvalue weighted by Gasteiger charge is -2.28. The van der Waals surface area contributed by atoms with Crippen molar-refractivity contribution < 1.29 is 10.2 Å². The van der Waals surface area contributed by atoms with Crippen molar-refractivity contribution in [2.45, 2.75) is 103 Å². The molecule has 0 amide bonds. The Morgan fingerprint density at radius 2 is 0.773 bits per heavy atom. The minimum absolute atomic E-state index is 0.367. The van der Waals surface area contributed by atoms with E-state index in [1.807, 2.05) is 0 Å². The average molecular weight is 313 g/mol. The molecule has 0 radical (unpaired) electrons. The van der Waals surface area contributed by atoms with Gasteiger partial charge in [-0.25, -0.2) is 0 Å². The minimum atomic E-state index is 0.367. The first-order valence-corrected chi connectivity index (χ1v) is 10.1. The largest absolute Gasteiger partial charge is 0.396 e. The van der Waals surface area contributed by atoms with E-state index >= 15 is 0 Å². The summed E-state index contributed by atoms with van der Waals surface area (Å²) in [7, 11) is 0. The van der Waals surface area contributed by atoms with Crippen LogP contribution in [0.1, 0.15) is 103 Å². The molecule has 0 atom stereocenters. The highest BCUT2D eigenvalue weighted by molar-refractivity contribution is 4.72. The molecule has 1 aliphatic rings. The van der Waals surface area contributed by atoms with Gasteiger partial charge in [-0.05, 0) is 24.7 Å². The zero-order chi connectivity index (χ0) is 15.9. The lowest BCUT2D eigenvalue weighted by molar-refractivity contribution is 0.242. The predicted molar refractivity (Wildman–Crippen MR) is 95.0 cm³/mol. The number of hydrogen-bond donors (Lipinski definition) is 2. The highest BCUT2D eigenvalue weighted by Gasteiger charge is 2.20. The number of aliphatic hydroxyl groups is 2. The SMILES string of the molecule is OCCCCCCCC1CCC(CCCCCCCO)CC1. The molecule has 1 fully saturated rings. The van der Waals surface area contributed by atoms with E-state index < -0.39 is 0 Å². The van der Waals surface area contributed by atoms with Crippen molar-refractivity contribution >= 4 is 0 Å². The number of hydrogen-bond acceptors (Lipinski definition) is 2. The van der Waals surface area contributed by atoms with E-state index in [1.54, 1.807) is 0 Å². The molecular weight excluding hydrogens is 272 g/mol. The maximum absolute atomic E-state index is 8.76.